The summed E-state index contributed by atoms with van der Waals surface area (Å²) in [6.45, 7) is 4.60. The summed E-state index contributed by atoms with van der Waals surface area (Å²) in [6.07, 6.45) is 6.50. The van der Waals surface area contributed by atoms with Crippen LogP contribution in [0.3, 0.4) is 0 Å². The zero-order valence-electron chi connectivity index (χ0n) is 17.7. The first-order valence-electron chi connectivity index (χ1n) is 11.2. The van der Waals surface area contributed by atoms with Gasteiger partial charge < -0.3 is 14.4 Å². The third-order valence-electron chi connectivity index (χ3n) is 6.55. The predicted octanol–water partition coefficient (Wildman–Crippen LogP) is 3.04. The van der Waals surface area contributed by atoms with E-state index in [0.717, 1.165) is 25.8 Å². The number of rotatable bonds is 5. The minimum atomic E-state index is -3.63. The number of sulfonamides is 1. The molecular weight excluding hydrogens is 404 g/mol. The molecule has 2 aliphatic heterocycles. The molecule has 1 aromatic carbocycles. The van der Waals surface area contributed by atoms with E-state index in [0.29, 0.717) is 56.7 Å². The van der Waals surface area contributed by atoms with Crippen LogP contribution in [0.5, 0.6) is 11.5 Å². The van der Waals surface area contributed by atoms with Crippen LogP contribution in [0, 0.1) is 5.92 Å². The molecule has 3 aliphatic rings. The third-order valence-corrected chi connectivity index (χ3v) is 8.44. The van der Waals surface area contributed by atoms with E-state index in [1.165, 1.54) is 17.1 Å². The number of ether oxygens (including phenoxy) is 2. The van der Waals surface area contributed by atoms with Gasteiger partial charge in [-0.1, -0.05) is 12.8 Å². The van der Waals surface area contributed by atoms with E-state index >= 15 is 0 Å². The zero-order valence-corrected chi connectivity index (χ0v) is 18.5. The van der Waals surface area contributed by atoms with Crippen molar-refractivity contribution in [2.24, 2.45) is 5.92 Å². The zero-order chi connectivity index (χ0) is 21.1. The Bertz CT molecular complexity index is 858. The van der Waals surface area contributed by atoms with Gasteiger partial charge in [0.15, 0.2) is 11.5 Å². The molecule has 2 heterocycles. The van der Waals surface area contributed by atoms with Crippen molar-refractivity contribution in [3.8, 4) is 11.5 Å². The van der Waals surface area contributed by atoms with Crippen LogP contribution < -0.4 is 9.47 Å². The molecule has 0 unspecified atom stereocenters. The topological polar surface area (TPSA) is 76.2 Å². The minimum absolute atomic E-state index is 0.0826. The Morgan fingerprint density at radius 1 is 1.03 bits per heavy atom. The fraction of sp³-hybridized carbons (Fsp3) is 0.682. The van der Waals surface area contributed by atoms with Crippen molar-refractivity contribution < 1.29 is 22.7 Å². The molecular formula is C22H32N2O5S. The number of benzene rings is 1. The van der Waals surface area contributed by atoms with E-state index in [2.05, 4.69) is 0 Å². The third kappa shape index (κ3) is 4.30. The maximum atomic E-state index is 13.2. The molecule has 1 saturated carbocycles. The second-order valence-corrected chi connectivity index (χ2v) is 10.3. The van der Waals surface area contributed by atoms with Gasteiger partial charge in [0.1, 0.15) is 0 Å². The van der Waals surface area contributed by atoms with Gasteiger partial charge in [-0.2, -0.15) is 4.31 Å². The van der Waals surface area contributed by atoms with Gasteiger partial charge in [-0.15, -0.1) is 0 Å². The molecule has 0 atom stereocenters. The lowest BCUT2D eigenvalue weighted by molar-refractivity contribution is -0.138. The number of piperidine rings is 1. The maximum absolute atomic E-state index is 13.2. The summed E-state index contributed by atoms with van der Waals surface area (Å²) in [6, 6.07) is 5.18. The lowest BCUT2D eigenvalue weighted by atomic mass is 9.95. The van der Waals surface area contributed by atoms with Gasteiger partial charge in [-0.05, 0) is 44.7 Å². The highest BCUT2D eigenvalue weighted by molar-refractivity contribution is 7.89. The van der Waals surface area contributed by atoms with Crippen molar-refractivity contribution >= 4 is 15.9 Å². The normalized spacial score (nSPS) is 21.4. The molecule has 0 bridgehead atoms. The molecule has 1 aromatic rings. The van der Waals surface area contributed by atoms with Crippen molar-refractivity contribution in [1.29, 1.82) is 0 Å². The Morgan fingerprint density at radius 3 is 2.37 bits per heavy atom. The lowest BCUT2D eigenvalue weighted by Gasteiger charge is -2.35. The van der Waals surface area contributed by atoms with E-state index in [1.54, 1.807) is 18.2 Å². The minimum Gasteiger partial charge on any atom is -0.490 e. The summed E-state index contributed by atoms with van der Waals surface area (Å²) in [7, 11) is -3.63. The Labute approximate surface area is 179 Å². The molecule has 4 rings (SSSR count). The summed E-state index contributed by atoms with van der Waals surface area (Å²) in [5, 5.41) is 0. The highest BCUT2D eigenvalue weighted by Crippen LogP contribution is 2.34. The first-order chi connectivity index (χ1) is 14.5. The van der Waals surface area contributed by atoms with Gasteiger partial charge in [0, 0.05) is 44.1 Å². The lowest BCUT2D eigenvalue weighted by Crippen LogP contribution is -2.47. The quantitative estimate of drug-likeness (QED) is 0.709. The van der Waals surface area contributed by atoms with Crippen LogP contribution >= 0.6 is 0 Å². The summed E-state index contributed by atoms with van der Waals surface area (Å²) in [4.78, 5) is 15.3. The largest absolute Gasteiger partial charge is 0.490 e. The fourth-order valence-corrected chi connectivity index (χ4v) is 6.33. The molecule has 2 fully saturated rings. The molecule has 0 spiro atoms. The van der Waals surface area contributed by atoms with E-state index in [-0.39, 0.29) is 16.7 Å². The molecule has 1 saturated heterocycles. The number of amides is 1. The van der Waals surface area contributed by atoms with Crippen molar-refractivity contribution in [3.05, 3.63) is 18.2 Å². The molecule has 0 radical (unpaired) electrons. The second-order valence-electron chi connectivity index (χ2n) is 8.40. The number of carbonyl (C=O) groups is 1. The highest BCUT2D eigenvalue weighted by atomic mass is 32.2. The number of fused-ring (bicyclic) bond motifs is 1. The van der Waals surface area contributed by atoms with E-state index in [4.69, 9.17) is 9.47 Å². The summed E-state index contributed by atoms with van der Waals surface area (Å²) in [5.41, 5.74) is 0. The number of nitrogens with zero attached hydrogens (tertiary/aromatic N) is 2. The van der Waals surface area contributed by atoms with Gasteiger partial charge >= 0.3 is 0 Å². The number of hydrogen-bond donors (Lipinski definition) is 0. The van der Waals surface area contributed by atoms with Crippen LogP contribution in [0.1, 0.15) is 51.9 Å². The van der Waals surface area contributed by atoms with Gasteiger partial charge in [0.25, 0.3) is 0 Å². The summed E-state index contributed by atoms with van der Waals surface area (Å²) >= 11 is 0. The smallest absolute Gasteiger partial charge is 0.243 e. The van der Waals surface area contributed by atoms with Crippen LogP contribution in [0.15, 0.2) is 23.1 Å². The van der Waals surface area contributed by atoms with Crippen LogP contribution in [0.2, 0.25) is 0 Å². The summed E-state index contributed by atoms with van der Waals surface area (Å²) < 4.78 is 39.1. The molecule has 1 amide bonds. The van der Waals surface area contributed by atoms with Crippen molar-refractivity contribution in [2.75, 3.05) is 32.8 Å². The SMILES string of the molecule is CCN(C(=O)C1CCN(S(=O)(=O)c2ccc3c(c2)OCCCO3)CC1)C1CCCC1. The van der Waals surface area contributed by atoms with E-state index in [9.17, 15) is 13.2 Å². The van der Waals surface area contributed by atoms with Crippen LogP contribution in [-0.2, 0) is 14.8 Å². The molecule has 8 heteroatoms. The number of carbonyl (C=O) groups excluding carboxylic acids is 1. The monoisotopic (exact) mass is 436 g/mol. The first-order valence-corrected chi connectivity index (χ1v) is 12.6. The van der Waals surface area contributed by atoms with Crippen molar-refractivity contribution in [3.63, 3.8) is 0 Å². The predicted molar refractivity (Wildman–Crippen MR) is 113 cm³/mol. The Balaban J connectivity index is 1.42. The molecule has 0 N–H and O–H groups in total. The molecule has 7 nitrogen and oxygen atoms in total. The second kappa shape index (κ2) is 9.14. The van der Waals surface area contributed by atoms with Gasteiger partial charge in [0.05, 0.1) is 18.1 Å². The fourth-order valence-electron chi connectivity index (χ4n) is 4.84. The Kier molecular flexibility index (Phi) is 6.53. The van der Waals surface area contributed by atoms with Crippen LogP contribution in [-0.4, -0.2) is 62.4 Å². The van der Waals surface area contributed by atoms with Crippen molar-refractivity contribution in [1.82, 2.24) is 9.21 Å². The molecule has 30 heavy (non-hydrogen) atoms. The Morgan fingerprint density at radius 2 is 1.70 bits per heavy atom. The molecule has 0 aromatic heterocycles. The number of hydrogen-bond acceptors (Lipinski definition) is 5. The van der Waals surface area contributed by atoms with Crippen molar-refractivity contribution in [2.45, 2.75) is 62.8 Å². The van der Waals surface area contributed by atoms with E-state index < -0.39 is 10.0 Å². The Hall–Kier alpha value is -1.80. The highest BCUT2D eigenvalue weighted by Gasteiger charge is 2.36. The molecule has 1 aliphatic carbocycles. The van der Waals surface area contributed by atoms with E-state index in [1.807, 2.05) is 11.8 Å². The van der Waals surface area contributed by atoms with Gasteiger partial charge in [-0.25, -0.2) is 8.42 Å². The summed E-state index contributed by atoms with van der Waals surface area (Å²) in [5.74, 6) is 1.19. The first kappa shape index (κ1) is 21.4. The van der Waals surface area contributed by atoms with Gasteiger partial charge in [0.2, 0.25) is 15.9 Å². The molecule has 166 valence electrons. The maximum Gasteiger partial charge on any atom is 0.243 e. The van der Waals surface area contributed by atoms with Crippen LogP contribution in [0.25, 0.3) is 0 Å². The standard InChI is InChI=1S/C22H32N2O5S/c1-2-24(18-6-3-4-7-18)22(25)17-10-12-23(13-11-17)30(26,27)19-8-9-20-21(16-19)29-15-5-14-28-20/h8-9,16-18H,2-7,10-15H2,1H3. The average Bonchev–Trinajstić information content (AvgIpc) is 3.18. The van der Waals surface area contributed by atoms with Gasteiger partial charge in [-0.3, -0.25) is 4.79 Å². The van der Waals surface area contributed by atoms with Crippen LogP contribution in [0.4, 0.5) is 0 Å². The average molecular weight is 437 g/mol.